The minimum absolute atomic E-state index is 0.0625. The minimum atomic E-state index is -0.316. The maximum atomic E-state index is 13.1. The number of halogens is 1. The third kappa shape index (κ3) is 3.72. The minimum Gasteiger partial charge on any atom is -0.347 e. The van der Waals surface area contributed by atoms with E-state index >= 15 is 0 Å². The maximum Gasteiger partial charge on any atom is 0.320 e. The molecule has 3 heterocycles. The van der Waals surface area contributed by atoms with E-state index in [1.54, 1.807) is 31.1 Å². The van der Waals surface area contributed by atoms with Crippen molar-refractivity contribution in [3.63, 3.8) is 0 Å². The maximum absolute atomic E-state index is 13.1. The molecule has 1 aliphatic rings. The molecule has 3 amide bonds. The Morgan fingerprint density at radius 3 is 2.70 bits per heavy atom. The number of likely N-dealkylation sites (tertiary alicyclic amines) is 1. The number of rotatable bonds is 4. The van der Waals surface area contributed by atoms with Crippen molar-refractivity contribution in [2.24, 2.45) is 0 Å². The number of benzene rings is 1. The second-order valence-electron chi connectivity index (χ2n) is 7.61. The predicted molar refractivity (Wildman–Crippen MR) is 111 cm³/mol. The summed E-state index contributed by atoms with van der Waals surface area (Å²) >= 11 is 0. The number of nitrogens with one attached hydrogen (secondary N) is 1. The number of hydrogen-bond donors (Lipinski definition) is 1. The van der Waals surface area contributed by atoms with Crippen LogP contribution in [0.4, 0.5) is 9.18 Å². The standard InChI is InChI=1S/C22H24FN5O2/c1-26(2)22(30)28-13-5-7-18(28)20-25-19(17-6-3-4-12-27(17)20)21(29)24-14-15-8-10-16(23)11-9-15/h3-4,6,8-12,18H,5,7,13-14H2,1-2H3,(H,24,29). The molecule has 1 fully saturated rings. The summed E-state index contributed by atoms with van der Waals surface area (Å²) in [6.45, 7) is 0.935. The highest BCUT2D eigenvalue weighted by atomic mass is 19.1. The Hall–Kier alpha value is -3.42. The van der Waals surface area contributed by atoms with Crippen LogP contribution in [-0.4, -0.2) is 51.8 Å². The predicted octanol–water partition coefficient (Wildman–Crippen LogP) is 3.22. The van der Waals surface area contributed by atoms with E-state index in [0.717, 1.165) is 18.4 Å². The number of pyridine rings is 1. The fraction of sp³-hybridized carbons (Fsp3) is 0.318. The number of imidazole rings is 1. The first-order chi connectivity index (χ1) is 14.5. The fourth-order valence-electron chi connectivity index (χ4n) is 3.85. The van der Waals surface area contributed by atoms with Gasteiger partial charge in [0.25, 0.3) is 5.91 Å². The summed E-state index contributed by atoms with van der Waals surface area (Å²) in [7, 11) is 3.46. The molecule has 7 nitrogen and oxygen atoms in total. The van der Waals surface area contributed by atoms with Gasteiger partial charge in [-0.1, -0.05) is 18.2 Å². The SMILES string of the molecule is CN(C)C(=O)N1CCCC1c1nc(C(=O)NCc2ccc(F)cc2)c2ccccn12. The zero-order valence-electron chi connectivity index (χ0n) is 17.0. The second-order valence-corrected chi connectivity index (χ2v) is 7.61. The van der Waals surface area contributed by atoms with Crippen molar-refractivity contribution in [2.75, 3.05) is 20.6 Å². The van der Waals surface area contributed by atoms with Gasteiger partial charge in [-0.15, -0.1) is 0 Å². The molecule has 0 aliphatic carbocycles. The first-order valence-electron chi connectivity index (χ1n) is 9.93. The van der Waals surface area contributed by atoms with Gasteiger partial charge in [0, 0.05) is 33.4 Å². The van der Waals surface area contributed by atoms with E-state index in [2.05, 4.69) is 10.3 Å². The monoisotopic (exact) mass is 409 g/mol. The summed E-state index contributed by atoms with van der Waals surface area (Å²) in [4.78, 5) is 33.5. The van der Waals surface area contributed by atoms with Crippen LogP contribution in [0.3, 0.4) is 0 Å². The van der Waals surface area contributed by atoms with E-state index in [4.69, 9.17) is 0 Å². The summed E-state index contributed by atoms with van der Waals surface area (Å²) in [5.41, 5.74) is 1.80. The molecule has 1 aromatic carbocycles. The van der Waals surface area contributed by atoms with Crippen LogP contribution in [0.25, 0.3) is 5.52 Å². The molecule has 4 rings (SSSR count). The molecule has 1 N–H and O–H groups in total. The lowest BCUT2D eigenvalue weighted by molar-refractivity contribution is 0.0948. The zero-order valence-corrected chi connectivity index (χ0v) is 17.0. The fourth-order valence-corrected chi connectivity index (χ4v) is 3.85. The van der Waals surface area contributed by atoms with E-state index in [-0.39, 0.29) is 30.3 Å². The van der Waals surface area contributed by atoms with Crippen molar-refractivity contribution in [3.05, 3.63) is 71.6 Å². The summed E-state index contributed by atoms with van der Waals surface area (Å²) < 4.78 is 15.0. The molecular formula is C22H24FN5O2. The number of urea groups is 1. The molecule has 2 aromatic heterocycles. The lowest BCUT2D eigenvalue weighted by Crippen LogP contribution is -2.39. The van der Waals surface area contributed by atoms with Crippen molar-refractivity contribution in [1.82, 2.24) is 24.5 Å². The van der Waals surface area contributed by atoms with E-state index in [0.29, 0.717) is 23.6 Å². The second kappa shape index (κ2) is 8.14. The van der Waals surface area contributed by atoms with Gasteiger partial charge in [-0.05, 0) is 42.7 Å². The normalized spacial score (nSPS) is 16.1. The van der Waals surface area contributed by atoms with Crippen molar-refractivity contribution in [2.45, 2.75) is 25.4 Å². The first-order valence-corrected chi connectivity index (χ1v) is 9.93. The van der Waals surface area contributed by atoms with Gasteiger partial charge in [-0.2, -0.15) is 0 Å². The lowest BCUT2D eigenvalue weighted by atomic mass is 10.2. The highest BCUT2D eigenvalue weighted by Crippen LogP contribution is 2.33. The smallest absolute Gasteiger partial charge is 0.320 e. The Labute approximate surface area is 174 Å². The molecule has 1 saturated heterocycles. The third-order valence-corrected chi connectivity index (χ3v) is 5.34. The topological polar surface area (TPSA) is 70.0 Å². The van der Waals surface area contributed by atoms with Crippen LogP contribution in [0.2, 0.25) is 0 Å². The van der Waals surface area contributed by atoms with Crippen LogP contribution >= 0.6 is 0 Å². The van der Waals surface area contributed by atoms with Gasteiger partial charge in [0.05, 0.1) is 11.6 Å². The molecule has 0 bridgehead atoms. The quantitative estimate of drug-likeness (QED) is 0.719. The van der Waals surface area contributed by atoms with E-state index in [1.807, 2.05) is 33.7 Å². The molecular weight excluding hydrogens is 385 g/mol. The Bertz CT molecular complexity index is 1080. The van der Waals surface area contributed by atoms with Crippen molar-refractivity contribution in [3.8, 4) is 0 Å². The van der Waals surface area contributed by atoms with Gasteiger partial charge in [-0.3, -0.25) is 4.79 Å². The van der Waals surface area contributed by atoms with Gasteiger partial charge < -0.3 is 19.5 Å². The average molecular weight is 409 g/mol. The number of nitrogens with zero attached hydrogens (tertiary/aromatic N) is 4. The van der Waals surface area contributed by atoms with Crippen LogP contribution in [0.5, 0.6) is 0 Å². The summed E-state index contributed by atoms with van der Waals surface area (Å²) in [5.74, 6) is 0.0613. The van der Waals surface area contributed by atoms with E-state index < -0.39 is 0 Å². The highest BCUT2D eigenvalue weighted by molar-refractivity contribution is 5.99. The van der Waals surface area contributed by atoms with Crippen LogP contribution < -0.4 is 5.32 Å². The number of aromatic nitrogens is 2. The molecule has 8 heteroatoms. The Kier molecular flexibility index (Phi) is 5.39. The number of fused-ring (bicyclic) bond motifs is 1. The van der Waals surface area contributed by atoms with E-state index in [9.17, 15) is 14.0 Å². The van der Waals surface area contributed by atoms with Crippen molar-refractivity contribution >= 4 is 17.5 Å². The van der Waals surface area contributed by atoms with Crippen molar-refractivity contribution in [1.29, 1.82) is 0 Å². The van der Waals surface area contributed by atoms with Gasteiger partial charge in [0.2, 0.25) is 0 Å². The van der Waals surface area contributed by atoms with Crippen LogP contribution in [0, 0.1) is 5.82 Å². The third-order valence-electron chi connectivity index (χ3n) is 5.34. The number of carbonyl (C=O) groups is 2. The molecule has 0 saturated carbocycles. The summed E-state index contributed by atoms with van der Waals surface area (Å²) in [6.07, 6.45) is 3.55. The number of carbonyl (C=O) groups excluding carboxylic acids is 2. The summed E-state index contributed by atoms with van der Waals surface area (Å²) in [6, 6.07) is 11.3. The molecule has 30 heavy (non-hydrogen) atoms. The molecule has 1 unspecified atom stereocenters. The molecule has 0 spiro atoms. The molecule has 156 valence electrons. The van der Waals surface area contributed by atoms with Crippen molar-refractivity contribution < 1.29 is 14.0 Å². The Morgan fingerprint density at radius 1 is 1.20 bits per heavy atom. The summed E-state index contributed by atoms with van der Waals surface area (Å²) in [5, 5.41) is 2.86. The molecule has 1 atom stereocenters. The molecule has 1 aliphatic heterocycles. The Balaban J connectivity index is 1.63. The number of hydrogen-bond acceptors (Lipinski definition) is 3. The molecule has 3 aromatic rings. The Morgan fingerprint density at radius 2 is 1.97 bits per heavy atom. The van der Waals surface area contributed by atoms with Gasteiger partial charge in [0.1, 0.15) is 11.6 Å². The van der Waals surface area contributed by atoms with Gasteiger partial charge in [0.15, 0.2) is 5.69 Å². The largest absolute Gasteiger partial charge is 0.347 e. The van der Waals surface area contributed by atoms with Crippen LogP contribution in [0.15, 0.2) is 48.7 Å². The van der Waals surface area contributed by atoms with Gasteiger partial charge in [-0.25, -0.2) is 14.2 Å². The first kappa shape index (κ1) is 19.9. The highest BCUT2D eigenvalue weighted by Gasteiger charge is 2.34. The van der Waals surface area contributed by atoms with E-state index in [1.165, 1.54) is 12.1 Å². The van der Waals surface area contributed by atoms with Crippen LogP contribution in [-0.2, 0) is 6.54 Å². The lowest BCUT2D eigenvalue weighted by Gasteiger charge is -2.27. The molecule has 0 radical (unpaired) electrons. The zero-order chi connectivity index (χ0) is 21.3. The van der Waals surface area contributed by atoms with Crippen LogP contribution in [0.1, 0.15) is 40.8 Å². The van der Waals surface area contributed by atoms with Gasteiger partial charge >= 0.3 is 6.03 Å². The average Bonchev–Trinajstić information content (AvgIpc) is 3.37. The number of amides is 3.